The molecule has 0 amide bonds. The molecule has 0 aliphatic heterocycles. The molecule has 1 rings (SSSR count). The molecule has 1 aromatic rings. The number of halogens is 1. The van der Waals surface area contributed by atoms with Crippen LogP contribution in [-0.2, 0) is 6.54 Å². The molecule has 4 heteroatoms. The predicted octanol–water partition coefficient (Wildman–Crippen LogP) is 1.99. The first-order chi connectivity index (χ1) is 6.86. The van der Waals surface area contributed by atoms with Crippen LogP contribution in [0.15, 0.2) is 18.5 Å². The van der Waals surface area contributed by atoms with Crippen molar-refractivity contribution in [2.45, 2.75) is 19.9 Å². The van der Waals surface area contributed by atoms with E-state index in [2.05, 4.69) is 32.9 Å². The van der Waals surface area contributed by atoms with Gasteiger partial charge in [0.2, 0.25) is 0 Å². The Kier molecular flexibility index (Phi) is 5.87. The van der Waals surface area contributed by atoms with Gasteiger partial charge in [-0.2, -0.15) is 5.10 Å². The van der Waals surface area contributed by atoms with E-state index in [0.29, 0.717) is 0 Å². The second kappa shape index (κ2) is 7.01. The second-order valence-corrected chi connectivity index (χ2v) is 4.09. The highest BCUT2D eigenvalue weighted by Gasteiger charge is 2.02. The lowest BCUT2D eigenvalue weighted by Gasteiger charge is -2.20. The maximum absolute atomic E-state index is 4.19. The average molecular weight is 260 g/mol. The zero-order valence-corrected chi connectivity index (χ0v) is 10.3. The fourth-order valence-electron chi connectivity index (χ4n) is 1.45. The van der Waals surface area contributed by atoms with Crippen LogP contribution in [0.25, 0.3) is 0 Å². The Hall–Kier alpha value is -0.350. The van der Waals surface area contributed by atoms with Crippen LogP contribution in [0.3, 0.4) is 0 Å². The Bertz CT molecular complexity index is 217. The third-order valence-electron chi connectivity index (χ3n) is 2.15. The lowest BCUT2D eigenvalue weighted by Crippen LogP contribution is -2.30. The summed E-state index contributed by atoms with van der Waals surface area (Å²) < 4.78 is 1.98. The molecule has 1 aromatic heterocycles. The summed E-state index contributed by atoms with van der Waals surface area (Å²) in [5.41, 5.74) is 0. The standard InChI is InChI=1S/C10H18BrN3/c1-2-6-13(8-4-11)9-10-14-7-3-5-12-14/h3,5,7H,2,4,6,8-10H2,1H3. The molecular formula is C10H18BrN3. The summed E-state index contributed by atoms with van der Waals surface area (Å²) in [6.07, 6.45) is 5.05. The highest BCUT2D eigenvalue weighted by molar-refractivity contribution is 9.09. The molecule has 0 saturated carbocycles. The number of alkyl halides is 1. The lowest BCUT2D eigenvalue weighted by atomic mass is 10.4. The molecule has 80 valence electrons. The van der Waals surface area contributed by atoms with Crippen LogP contribution in [-0.4, -0.2) is 39.6 Å². The molecule has 0 aliphatic rings. The number of aromatic nitrogens is 2. The molecule has 0 aromatic carbocycles. The van der Waals surface area contributed by atoms with Gasteiger partial charge >= 0.3 is 0 Å². The van der Waals surface area contributed by atoms with Gasteiger partial charge in [0.15, 0.2) is 0 Å². The summed E-state index contributed by atoms with van der Waals surface area (Å²) in [6.45, 7) is 6.58. The zero-order valence-electron chi connectivity index (χ0n) is 8.69. The average Bonchev–Trinajstić information content (AvgIpc) is 2.67. The van der Waals surface area contributed by atoms with Gasteiger partial charge in [0.05, 0.1) is 6.54 Å². The third-order valence-corrected chi connectivity index (χ3v) is 2.50. The van der Waals surface area contributed by atoms with Crippen molar-refractivity contribution in [2.75, 3.05) is 25.0 Å². The summed E-state index contributed by atoms with van der Waals surface area (Å²) >= 11 is 3.47. The minimum Gasteiger partial charge on any atom is -0.301 e. The summed E-state index contributed by atoms with van der Waals surface area (Å²) in [4.78, 5) is 2.45. The van der Waals surface area contributed by atoms with Crippen LogP contribution in [0.2, 0.25) is 0 Å². The van der Waals surface area contributed by atoms with Gasteiger partial charge in [0, 0.05) is 30.8 Å². The van der Waals surface area contributed by atoms with Crippen molar-refractivity contribution in [3.63, 3.8) is 0 Å². The van der Waals surface area contributed by atoms with Crippen molar-refractivity contribution in [2.24, 2.45) is 0 Å². The van der Waals surface area contributed by atoms with E-state index in [0.717, 1.165) is 25.0 Å². The highest BCUT2D eigenvalue weighted by atomic mass is 79.9. The van der Waals surface area contributed by atoms with Gasteiger partial charge in [-0.05, 0) is 19.0 Å². The molecule has 1 heterocycles. The van der Waals surface area contributed by atoms with Gasteiger partial charge in [-0.1, -0.05) is 22.9 Å². The monoisotopic (exact) mass is 259 g/mol. The van der Waals surface area contributed by atoms with E-state index in [1.807, 2.05) is 23.1 Å². The minimum atomic E-state index is 0.986. The first kappa shape index (κ1) is 11.7. The molecule has 0 spiro atoms. The van der Waals surface area contributed by atoms with E-state index in [4.69, 9.17) is 0 Å². The van der Waals surface area contributed by atoms with E-state index in [1.165, 1.54) is 13.0 Å². The minimum absolute atomic E-state index is 0.986. The molecule has 0 radical (unpaired) electrons. The molecule has 0 bridgehead atoms. The second-order valence-electron chi connectivity index (χ2n) is 3.30. The first-order valence-electron chi connectivity index (χ1n) is 5.12. The highest BCUT2D eigenvalue weighted by Crippen LogP contribution is 1.95. The molecule has 0 unspecified atom stereocenters. The van der Waals surface area contributed by atoms with Crippen LogP contribution >= 0.6 is 15.9 Å². The van der Waals surface area contributed by atoms with Crippen molar-refractivity contribution in [1.29, 1.82) is 0 Å². The predicted molar refractivity (Wildman–Crippen MR) is 62.8 cm³/mol. The van der Waals surface area contributed by atoms with E-state index in [-0.39, 0.29) is 0 Å². The Labute approximate surface area is 94.2 Å². The van der Waals surface area contributed by atoms with E-state index < -0.39 is 0 Å². The quantitative estimate of drug-likeness (QED) is 0.699. The Morgan fingerprint density at radius 1 is 1.36 bits per heavy atom. The summed E-state index contributed by atoms with van der Waals surface area (Å²) in [5.74, 6) is 0. The van der Waals surface area contributed by atoms with Gasteiger partial charge in [-0.15, -0.1) is 0 Å². The summed E-state index contributed by atoms with van der Waals surface area (Å²) in [7, 11) is 0. The van der Waals surface area contributed by atoms with Gasteiger partial charge in [0.25, 0.3) is 0 Å². The smallest absolute Gasteiger partial charge is 0.0536 e. The van der Waals surface area contributed by atoms with Gasteiger partial charge in [-0.3, -0.25) is 4.68 Å². The van der Waals surface area contributed by atoms with E-state index in [1.54, 1.807) is 0 Å². The summed E-state index contributed by atoms with van der Waals surface area (Å²) in [5, 5.41) is 5.23. The molecule has 0 N–H and O–H groups in total. The Balaban J connectivity index is 2.25. The SMILES string of the molecule is CCCN(CCBr)CCn1cccn1. The molecule has 0 saturated heterocycles. The summed E-state index contributed by atoms with van der Waals surface area (Å²) in [6, 6.07) is 1.97. The fourth-order valence-corrected chi connectivity index (χ4v) is 1.95. The van der Waals surface area contributed by atoms with Crippen LogP contribution in [0.1, 0.15) is 13.3 Å². The maximum Gasteiger partial charge on any atom is 0.0536 e. The van der Waals surface area contributed by atoms with Crippen molar-refractivity contribution in [3.05, 3.63) is 18.5 Å². The van der Waals surface area contributed by atoms with Gasteiger partial charge < -0.3 is 4.90 Å². The van der Waals surface area contributed by atoms with Crippen molar-refractivity contribution >= 4 is 15.9 Å². The molecule has 0 fully saturated rings. The topological polar surface area (TPSA) is 21.1 Å². The van der Waals surface area contributed by atoms with Crippen LogP contribution in [0, 0.1) is 0 Å². The van der Waals surface area contributed by atoms with Crippen LogP contribution < -0.4 is 0 Å². The van der Waals surface area contributed by atoms with Gasteiger partial charge in [-0.25, -0.2) is 0 Å². The zero-order chi connectivity index (χ0) is 10.2. The molecule has 0 atom stereocenters. The van der Waals surface area contributed by atoms with Crippen LogP contribution in [0.5, 0.6) is 0 Å². The van der Waals surface area contributed by atoms with Crippen molar-refractivity contribution in [1.82, 2.24) is 14.7 Å². The molecule has 0 aliphatic carbocycles. The largest absolute Gasteiger partial charge is 0.301 e. The van der Waals surface area contributed by atoms with Crippen molar-refractivity contribution in [3.8, 4) is 0 Å². The Morgan fingerprint density at radius 2 is 2.21 bits per heavy atom. The third kappa shape index (κ3) is 4.24. The van der Waals surface area contributed by atoms with Gasteiger partial charge in [0.1, 0.15) is 0 Å². The number of nitrogens with zero attached hydrogens (tertiary/aromatic N) is 3. The lowest BCUT2D eigenvalue weighted by molar-refractivity contribution is 0.275. The van der Waals surface area contributed by atoms with Crippen molar-refractivity contribution < 1.29 is 0 Å². The number of hydrogen-bond acceptors (Lipinski definition) is 2. The number of rotatable bonds is 7. The molecule has 14 heavy (non-hydrogen) atoms. The van der Waals surface area contributed by atoms with Crippen LogP contribution in [0.4, 0.5) is 0 Å². The molecule has 3 nitrogen and oxygen atoms in total. The molecular weight excluding hydrogens is 242 g/mol. The fraction of sp³-hybridized carbons (Fsp3) is 0.700. The number of hydrogen-bond donors (Lipinski definition) is 0. The van der Waals surface area contributed by atoms with E-state index >= 15 is 0 Å². The Morgan fingerprint density at radius 3 is 2.79 bits per heavy atom. The maximum atomic E-state index is 4.19. The van der Waals surface area contributed by atoms with E-state index in [9.17, 15) is 0 Å². The normalized spacial score (nSPS) is 11.1. The first-order valence-corrected chi connectivity index (χ1v) is 6.24.